The van der Waals surface area contributed by atoms with E-state index >= 15 is 0 Å². The lowest BCUT2D eigenvalue weighted by Gasteiger charge is -2.42. The van der Waals surface area contributed by atoms with Gasteiger partial charge < -0.3 is 19.4 Å². The van der Waals surface area contributed by atoms with Gasteiger partial charge in [-0.25, -0.2) is 0 Å². The highest BCUT2D eigenvalue weighted by atomic mass is 16.2. The molecule has 0 aliphatic carbocycles. The normalized spacial score (nSPS) is 18.1. The van der Waals surface area contributed by atoms with Crippen molar-refractivity contribution in [1.82, 2.24) is 19.4 Å². The quantitative estimate of drug-likeness (QED) is 0.396. The molecule has 1 saturated heterocycles. The first-order valence-corrected chi connectivity index (χ1v) is 13.9. The van der Waals surface area contributed by atoms with E-state index in [-0.39, 0.29) is 42.1 Å². The number of hydrogen-bond donors (Lipinski definition) is 1. The second-order valence-corrected chi connectivity index (χ2v) is 10.8. The van der Waals surface area contributed by atoms with Crippen LogP contribution in [0, 0.1) is 12.8 Å². The minimum absolute atomic E-state index is 0.0216. The number of rotatable bonds is 7. The lowest BCUT2D eigenvalue weighted by molar-refractivity contribution is -0.136. The van der Waals surface area contributed by atoms with Crippen molar-refractivity contribution in [3.63, 3.8) is 0 Å². The minimum atomic E-state index is -0.0955. The SMILES string of the molecule is Cc1c(CCNC(=O)CCC(=O)N2CC3C[C@H](C2)Cn2c3cccc2=O)c2ccccc2n1-c1ccccc1. The Balaban J connectivity index is 1.05. The number of piperidine rings is 1. The summed E-state index contributed by atoms with van der Waals surface area (Å²) in [6.45, 7) is 4.59. The molecule has 4 aromatic rings. The number of nitrogens with one attached hydrogen (secondary N) is 1. The Kier molecular flexibility index (Phi) is 6.81. The molecule has 39 heavy (non-hydrogen) atoms. The van der Waals surface area contributed by atoms with Crippen LogP contribution < -0.4 is 10.9 Å². The van der Waals surface area contributed by atoms with Crippen LogP contribution in [-0.2, 0) is 22.6 Å². The molecule has 7 nitrogen and oxygen atoms in total. The Bertz CT molecular complexity index is 1590. The molecule has 6 rings (SSSR count). The van der Waals surface area contributed by atoms with Crippen molar-refractivity contribution in [2.24, 2.45) is 5.92 Å². The third kappa shape index (κ3) is 4.89. The first-order chi connectivity index (χ1) is 19.0. The number of fused-ring (bicyclic) bond motifs is 5. The summed E-state index contributed by atoms with van der Waals surface area (Å²) < 4.78 is 4.14. The van der Waals surface area contributed by atoms with Crippen molar-refractivity contribution < 1.29 is 9.59 Å². The minimum Gasteiger partial charge on any atom is -0.356 e. The zero-order valence-electron chi connectivity index (χ0n) is 22.3. The number of carbonyl (C=O) groups is 2. The number of benzene rings is 2. The average molecular weight is 523 g/mol. The summed E-state index contributed by atoms with van der Waals surface area (Å²) in [4.78, 5) is 39.8. The largest absolute Gasteiger partial charge is 0.356 e. The fourth-order valence-electron chi connectivity index (χ4n) is 6.55. The average Bonchev–Trinajstić information content (AvgIpc) is 3.23. The summed E-state index contributed by atoms with van der Waals surface area (Å²) in [6, 6.07) is 24.1. The molecule has 0 radical (unpaired) electrons. The van der Waals surface area contributed by atoms with E-state index in [9.17, 15) is 14.4 Å². The molecule has 7 heteroatoms. The van der Waals surface area contributed by atoms with Crippen molar-refractivity contribution in [1.29, 1.82) is 0 Å². The Labute approximate surface area is 228 Å². The summed E-state index contributed by atoms with van der Waals surface area (Å²) in [5.74, 6) is 0.399. The van der Waals surface area contributed by atoms with Crippen LogP contribution >= 0.6 is 0 Å². The van der Waals surface area contributed by atoms with Gasteiger partial charge in [0.1, 0.15) is 0 Å². The van der Waals surface area contributed by atoms with Gasteiger partial charge in [0.25, 0.3) is 5.56 Å². The Morgan fingerprint density at radius 3 is 2.54 bits per heavy atom. The van der Waals surface area contributed by atoms with Gasteiger partial charge in [0, 0.05) is 73.5 Å². The second-order valence-electron chi connectivity index (χ2n) is 10.8. The molecule has 1 N–H and O–H groups in total. The third-order valence-electron chi connectivity index (χ3n) is 8.35. The van der Waals surface area contributed by atoms with Gasteiger partial charge in [0.15, 0.2) is 0 Å². The van der Waals surface area contributed by atoms with Crippen molar-refractivity contribution >= 4 is 22.7 Å². The second kappa shape index (κ2) is 10.6. The summed E-state index contributed by atoms with van der Waals surface area (Å²) >= 11 is 0. The Morgan fingerprint density at radius 1 is 0.897 bits per heavy atom. The molecule has 2 aliphatic rings. The molecule has 4 heterocycles. The lowest BCUT2D eigenvalue weighted by atomic mass is 9.83. The van der Waals surface area contributed by atoms with Gasteiger partial charge in [-0.1, -0.05) is 42.5 Å². The first-order valence-electron chi connectivity index (χ1n) is 13.9. The molecular weight excluding hydrogens is 488 g/mol. The van der Waals surface area contributed by atoms with Gasteiger partial charge in [-0.3, -0.25) is 14.4 Å². The number of para-hydroxylation sites is 2. The lowest BCUT2D eigenvalue weighted by Crippen LogP contribution is -2.49. The van der Waals surface area contributed by atoms with E-state index in [2.05, 4.69) is 53.2 Å². The van der Waals surface area contributed by atoms with Crippen LogP contribution in [0.5, 0.6) is 0 Å². The Morgan fingerprint density at radius 2 is 1.69 bits per heavy atom. The van der Waals surface area contributed by atoms with Gasteiger partial charge in [0.2, 0.25) is 11.8 Å². The fraction of sp³-hybridized carbons (Fsp3) is 0.344. The van der Waals surface area contributed by atoms with Crippen molar-refractivity contribution in [3.05, 3.63) is 100 Å². The molecule has 2 aromatic carbocycles. The van der Waals surface area contributed by atoms with Crippen LogP contribution in [0.1, 0.15) is 42.1 Å². The maximum absolute atomic E-state index is 13.0. The van der Waals surface area contributed by atoms with Crippen molar-refractivity contribution in [2.45, 2.75) is 45.1 Å². The van der Waals surface area contributed by atoms with E-state index in [0.29, 0.717) is 26.2 Å². The van der Waals surface area contributed by atoms with Crippen LogP contribution in [0.15, 0.2) is 77.6 Å². The van der Waals surface area contributed by atoms with E-state index in [0.717, 1.165) is 29.7 Å². The van der Waals surface area contributed by atoms with Crippen molar-refractivity contribution in [2.75, 3.05) is 19.6 Å². The van der Waals surface area contributed by atoms with Crippen LogP contribution in [0.4, 0.5) is 0 Å². The van der Waals surface area contributed by atoms with Gasteiger partial charge in [0.05, 0.1) is 5.52 Å². The summed E-state index contributed by atoms with van der Waals surface area (Å²) in [7, 11) is 0. The summed E-state index contributed by atoms with van der Waals surface area (Å²) in [5.41, 5.74) is 5.75. The van der Waals surface area contributed by atoms with E-state index < -0.39 is 0 Å². The smallest absolute Gasteiger partial charge is 0.250 e. The van der Waals surface area contributed by atoms with E-state index in [1.165, 1.54) is 16.6 Å². The van der Waals surface area contributed by atoms with Gasteiger partial charge in [-0.15, -0.1) is 0 Å². The molecule has 1 fully saturated rings. The molecular formula is C32H34N4O3. The number of likely N-dealkylation sites (tertiary alicyclic amines) is 1. The number of hydrogen-bond acceptors (Lipinski definition) is 3. The van der Waals surface area contributed by atoms with Crippen LogP contribution in [0.2, 0.25) is 0 Å². The zero-order chi connectivity index (χ0) is 26.9. The number of carbonyl (C=O) groups excluding carboxylic acids is 2. The first kappa shape index (κ1) is 25.2. The van der Waals surface area contributed by atoms with Crippen LogP contribution in [-0.4, -0.2) is 45.5 Å². The summed E-state index contributed by atoms with van der Waals surface area (Å²) in [6.07, 6.45) is 2.12. The highest BCUT2D eigenvalue weighted by Crippen LogP contribution is 2.35. The maximum Gasteiger partial charge on any atom is 0.250 e. The van der Waals surface area contributed by atoms with Crippen LogP contribution in [0.25, 0.3) is 16.6 Å². The molecule has 2 aromatic heterocycles. The predicted molar refractivity (Wildman–Crippen MR) is 152 cm³/mol. The topological polar surface area (TPSA) is 76.3 Å². The molecule has 200 valence electrons. The highest BCUT2D eigenvalue weighted by Gasteiger charge is 2.36. The molecule has 2 bridgehead atoms. The van der Waals surface area contributed by atoms with E-state index in [1.54, 1.807) is 12.1 Å². The van der Waals surface area contributed by atoms with Gasteiger partial charge in [-0.2, -0.15) is 0 Å². The predicted octanol–water partition coefficient (Wildman–Crippen LogP) is 4.19. The van der Waals surface area contributed by atoms with Gasteiger partial charge >= 0.3 is 0 Å². The monoisotopic (exact) mass is 522 g/mol. The molecule has 2 amide bonds. The Hall–Kier alpha value is -4.13. The third-order valence-corrected chi connectivity index (χ3v) is 8.35. The van der Waals surface area contributed by atoms with Gasteiger partial charge in [-0.05, 0) is 55.5 Å². The standard InChI is InChI=1S/C32H34N4O3/c1-22-26(27-10-5-6-11-29(27)36(22)25-8-3-2-4-9-25)16-17-33-30(37)14-15-31(38)34-19-23-18-24(21-34)28-12-7-13-32(39)35(28)20-23/h2-13,23-24H,14-21H2,1H3,(H,33,37)/t23-,24?/m1/s1. The molecule has 0 saturated carbocycles. The fourth-order valence-corrected chi connectivity index (χ4v) is 6.55. The van der Waals surface area contributed by atoms with Crippen LogP contribution in [0.3, 0.4) is 0 Å². The number of nitrogens with zero attached hydrogens (tertiary/aromatic N) is 3. The number of amides is 2. The van der Waals surface area contributed by atoms with E-state index in [1.807, 2.05) is 33.7 Å². The maximum atomic E-state index is 13.0. The molecule has 0 spiro atoms. The van der Waals surface area contributed by atoms with Crippen molar-refractivity contribution in [3.8, 4) is 5.69 Å². The molecule has 2 aliphatic heterocycles. The zero-order valence-corrected chi connectivity index (χ0v) is 22.3. The molecule has 2 atom stereocenters. The number of pyridine rings is 1. The highest BCUT2D eigenvalue weighted by molar-refractivity contribution is 5.87. The summed E-state index contributed by atoms with van der Waals surface area (Å²) in [5, 5.41) is 4.23. The number of aromatic nitrogens is 2. The molecule has 1 unspecified atom stereocenters. The van der Waals surface area contributed by atoms with E-state index in [4.69, 9.17) is 0 Å².